The third kappa shape index (κ3) is 5.36. The second-order valence-electron chi connectivity index (χ2n) is 5.63. The monoisotopic (exact) mass is 240 g/mol. The zero-order valence-corrected chi connectivity index (χ0v) is 11.3. The van der Waals surface area contributed by atoms with Gasteiger partial charge in [0.15, 0.2) is 0 Å². The molecule has 3 heteroatoms. The molecule has 0 bridgehead atoms. The van der Waals surface area contributed by atoms with E-state index < -0.39 is 0 Å². The molecule has 1 atom stereocenters. The highest BCUT2D eigenvalue weighted by molar-refractivity contribution is 4.77. The smallest absolute Gasteiger partial charge is 0.0494 e. The molecule has 17 heavy (non-hydrogen) atoms. The van der Waals surface area contributed by atoms with Crippen LogP contribution in [0.15, 0.2) is 0 Å². The van der Waals surface area contributed by atoms with Crippen molar-refractivity contribution in [2.45, 2.75) is 32.6 Å². The Labute approximate surface area is 106 Å². The quantitative estimate of drug-likeness (QED) is 0.621. The maximum Gasteiger partial charge on any atom is 0.0494 e. The Balaban J connectivity index is 1.43. The van der Waals surface area contributed by atoms with E-state index in [0.29, 0.717) is 0 Å². The van der Waals surface area contributed by atoms with Gasteiger partial charge in [0, 0.05) is 26.3 Å². The number of ether oxygens (including phenoxy) is 1. The molecule has 1 saturated heterocycles. The van der Waals surface area contributed by atoms with Crippen molar-refractivity contribution < 1.29 is 4.74 Å². The third-order valence-corrected chi connectivity index (χ3v) is 3.87. The molecule has 1 saturated carbocycles. The van der Waals surface area contributed by atoms with Crippen molar-refractivity contribution in [3.63, 3.8) is 0 Å². The highest BCUT2D eigenvalue weighted by Gasteiger charge is 2.22. The molecule has 1 heterocycles. The first kappa shape index (κ1) is 13.3. The summed E-state index contributed by atoms with van der Waals surface area (Å²) in [5, 5.41) is 3.46. The van der Waals surface area contributed by atoms with Crippen LogP contribution in [0.3, 0.4) is 0 Å². The normalized spacial score (nSPS) is 25.6. The minimum atomic E-state index is 0.877. The molecule has 1 aliphatic heterocycles. The van der Waals surface area contributed by atoms with Gasteiger partial charge >= 0.3 is 0 Å². The van der Waals surface area contributed by atoms with Crippen LogP contribution in [0.1, 0.15) is 32.6 Å². The van der Waals surface area contributed by atoms with Crippen molar-refractivity contribution >= 4 is 0 Å². The molecule has 0 radical (unpaired) electrons. The molecule has 0 aromatic carbocycles. The van der Waals surface area contributed by atoms with E-state index in [1.165, 1.54) is 51.9 Å². The molecule has 0 aromatic heterocycles. The first-order valence-electron chi connectivity index (χ1n) is 7.39. The summed E-state index contributed by atoms with van der Waals surface area (Å²) in [6.45, 7) is 10.3. The van der Waals surface area contributed by atoms with Crippen molar-refractivity contribution in [2.24, 2.45) is 11.8 Å². The van der Waals surface area contributed by atoms with Gasteiger partial charge in [-0.15, -0.1) is 0 Å². The van der Waals surface area contributed by atoms with Gasteiger partial charge in [-0.3, -0.25) is 0 Å². The number of rotatable bonds is 9. The summed E-state index contributed by atoms with van der Waals surface area (Å²) in [6, 6.07) is 0. The van der Waals surface area contributed by atoms with Crippen LogP contribution in [-0.2, 0) is 4.74 Å². The van der Waals surface area contributed by atoms with Crippen molar-refractivity contribution in [2.75, 3.05) is 45.9 Å². The Morgan fingerprint density at radius 1 is 1.24 bits per heavy atom. The van der Waals surface area contributed by atoms with Gasteiger partial charge in [-0.25, -0.2) is 0 Å². The number of likely N-dealkylation sites (tertiary alicyclic amines) is 1. The van der Waals surface area contributed by atoms with E-state index >= 15 is 0 Å². The summed E-state index contributed by atoms with van der Waals surface area (Å²) < 4.78 is 5.67. The molecular formula is C14H28N2O. The molecule has 3 nitrogen and oxygen atoms in total. The highest BCUT2D eigenvalue weighted by atomic mass is 16.5. The fourth-order valence-electron chi connectivity index (χ4n) is 2.56. The van der Waals surface area contributed by atoms with Crippen LogP contribution in [-0.4, -0.2) is 50.8 Å². The van der Waals surface area contributed by atoms with Crippen LogP contribution in [0.25, 0.3) is 0 Å². The Kier molecular flexibility index (Phi) is 5.75. The Bertz CT molecular complexity index is 206. The fraction of sp³-hybridized carbons (Fsp3) is 1.00. The van der Waals surface area contributed by atoms with Crippen LogP contribution in [0.2, 0.25) is 0 Å². The predicted molar refractivity (Wildman–Crippen MR) is 71.3 cm³/mol. The van der Waals surface area contributed by atoms with E-state index in [1.54, 1.807) is 0 Å². The zero-order valence-electron chi connectivity index (χ0n) is 11.3. The van der Waals surface area contributed by atoms with Crippen LogP contribution in [0.5, 0.6) is 0 Å². The maximum absolute atomic E-state index is 5.67. The highest BCUT2D eigenvalue weighted by Crippen LogP contribution is 2.28. The molecule has 2 fully saturated rings. The van der Waals surface area contributed by atoms with Crippen LogP contribution >= 0.6 is 0 Å². The zero-order chi connectivity index (χ0) is 11.9. The van der Waals surface area contributed by atoms with Gasteiger partial charge in [-0.05, 0) is 57.2 Å². The van der Waals surface area contributed by atoms with Gasteiger partial charge in [0.2, 0.25) is 0 Å². The average molecular weight is 240 g/mol. The molecular weight excluding hydrogens is 212 g/mol. The second-order valence-corrected chi connectivity index (χ2v) is 5.63. The molecule has 0 amide bonds. The number of nitrogens with one attached hydrogen (secondary N) is 1. The lowest BCUT2D eigenvalue weighted by Gasteiger charge is -2.16. The van der Waals surface area contributed by atoms with E-state index in [0.717, 1.165) is 31.6 Å². The molecule has 1 unspecified atom stereocenters. The van der Waals surface area contributed by atoms with Crippen LogP contribution < -0.4 is 5.32 Å². The lowest BCUT2D eigenvalue weighted by atomic mass is 10.1. The molecule has 1 N–H and O–H groups in total. The lowest BCUT2D eigenvalue weighted by Crippen LogP contribution is -2.27. The Morgan fingerprint density at radius 3 is 2.88 bits per heavy atom. The molecule has 100 valence electrons. The van der Waals surface area contributed by atoms with Crippen molar-refractivity contribution in [3.05, 3.63) is 0 Å². The molecule has 2 rings (SSSR count). The fourth-order valence-corrected chi connectivity index (χ4v) is 2.56. The van der Waals surface area contributed by atoms with Gasteiger partial charge < -0.3 is 15.0 Å². The van der Waals surface area contributed by atoms with Gasteiger partial charge in [0.1, 0.15) is 0 Å². The molecule has 1 aliphatic carbocycles. The van der Waals surface area contributed by atoms with Crippen molar-refractivity contribution in [1.82, 2.24) is 10.2 Å². The first-order chi connectivity index (χ1) is 8.38. The molecule has 0 spiro atoms. The molecule has 2 aliphatic rings. The number of hydrogen-bond acceptors (Lipinski definition) is 3. The van der Waals surface area contributed by atoms with Crippen LogP contribution in [0.4, 0.5) is 0 Å². The SMILES string of the molecule is CCNCC1CCN(CCCOCC2CC2)C1. The molecule has 0 aromatic rings. The third-order valence-electron chi connectivity index (χ3n) is 3.87. The summed E-state index contributed by atoms with van der Waals surface area (Å²) in [4.78, 5) is 2.60. The minimum Gasteiger partial charge on any atom is -0.381 e. The second kappa shape index (κ2) is 7.34. The van der Waals surface area contributed by atoms with Crippen molar-refractivity contribution in [1.29, 1.82) is 0 Å². The van der Waals surface area contributed by atoms with Crippen LogP contribution in [0, 0.1) is 11.8 Å². The van der Waals surface area contributed by atoms with Gasteiger partial charge in [0.05, 0.1) is 0 Å². The summed E-state index contributed by atoms with van der Waals surface area (Å²) in [5.41, 5.74) is 0. The van der Waals surface area contributed by atoms with Crippen molar-refractivity contribution in [3.8, 4) is 0 Å². The standard InChI is InChI=1S/C14H28N2O/c1-2-15-10-14-6-8-16(11-14)7-3-9-17-12-13-4-5-13/h13-15H,2-12H2,1H3. The summed E-state index contributed by atoms with van der Waals surface area (Å²) >= 11 is 0. The van der Waals surface area contributed by atoms with Gasteiger partial charge in [-0.1, -0.05) is 6.92 Å². The van der Waals surface area contributed by atoms with Gasteiger partial charge in [0.25, 0.3) is 0 Å². The predicted octanol–water partition coefficient (Wildman–Crippen LogP) is 1.73. The van der Waals surface area contributed by atoms with E-state index in [-0.39, 0.29) is 0 Å². The Hall–Kier alpha value is -0.120. The largest absolute Gasteiger partial charge is 0.381 e. The summed E-state index contributed by atoms with van der Waals surface area (Å²) in [7, 11) is 0. The average Bonchev–Trinajstić information content (AvgIpc) is 3.05. The first-order valence-corrected chi connectivity index (χ1v) is 7.39. The van der Waals surface area contributed by atoms with E-state index in [4.69, 9.17) is 4.74 Å². The van der Waals surface area contributed by atoms with Gasteiger partial charge in [-0.2, -0.15) is 0 Å². The maximum atomic E-state index is 5.67. The summed E-state index contributed by atoms with van der Waals surface area (Å²) in [6.07, 6.45) is 5.38. The van der Waals surface area contributed by atoms with E-state index in [1.807, 2.05) is 0 Å². The number of hydrogen-bond donors (Lipinski definition) is 1. The summed E-state index contributed by atoms with van der Waals surface area (Å²) in [5.74, 6) is 1.79. The topological polar surface area (TPSA) is 24.5 Å². The lowest BCUT2D eigenvalue weighted by molar-refractivity contribution is 0.114. The minimum absolute atomic E-state index is 0.877. The van der Waals surface area contributed by atoms with E-state index in [2.05, 4.69) is 17.1 Å². The Morgan fingerprint density at radius 2 is 2.12 bits per heavy atom. The number of nitrogens with zero attached hydrogens (tertiary/aromatic N) is 1. The van der Waals surface area contributed by atoms with E-state index in [9.17, 15) is 0 Å².